The van der Waals surface area contributed by atoms with Crippen LogP contribution in [0.3, 0.4) is 0 Å². The molecule has 0 aromatic heterocycles. The number of hydrogen-bond acceptors (Lipinski definition) is 2. The van der Waals surface area contributed by atoms with Gasteiger partial charge in [-0.25, -0.2) is 0 Å². The Balaban J connectivity index is 2.29. The largest absolute Gasteiger partial charge is 0.496 e. The number of benzene rings is 1. The molecule has 98 valence electrons. The second-order valence-corrected chi connectivity index (χ2v) is 5.29. The van der Waals surface area contributed by atoms with E-state index in [2.05, 4.69) is 25.1 Å². The number of ether oxygens (including phenoxy) is 1. The summed E-state index contributed by atoms with van der Waals surface area (Å²) in [5.41, 5.74) is 2.59. The number of carbonyl (C=O) groups excluding carboxylic acids is 1. The van der Waals surface area contributed by atoms with Gasteiger partial charge in [0.1, 0.15) is 12.0 Å². The van der Waals surface area contributed by atoms with Gasteiger partial charge in [-0.1, -0.05) is 31.9 Å². The molecule has 1 atom stereocenters. The lowest BCUT2D eigenvalue weighted by Gasteiger charge is -2.18. The van der Waals surface area contributed by atoms with Crippen molar-refractivity contribution in [1.29, 1.82) is 0 Å². The van der Waals surface area contributed by atoms with E-state index in [0.717, 1.165) is 12.0 Å². The second-order valence-electron chi connectivity index (χ2n) is 5.29. The molecule has 0 saturated heterocycles. The molecule has 1 aromatic rings. The summed E-state index contributed by atoms with van der Waals surface area (Å²) < 4.78 is 5.48. The highest BCUT2D eigenvalue weighted by Crippen LogP contribution is 2.40. The first kappa shape index (κ1) is 13.1. The SMILES string of the molecule is COc1ccc(C(C)CC=O)cc1C1CCCC1. The van der Waals surface area contributed by atoms with Gasteiger partial charge < -0.3 is 9.53 Å². The zero-order chi connectivity index (χ0) is 13.0. The van der Waals surface area contributed by atoms with Crippen LogP contribution in [0.15, 0.2) is 18.2 Å². The maximum atomic E-state index is 10.6. The van der Waals surface area contributed by atoms with Crippen molar-refractivity contribution in [1.82, 2.24) is 0 Å². The summed E-state index contributed by atoms with van der Waals surface area (Å²) in [4.78, 5) is 10.6. The molecule has 0 heterocycles. The first-order valence-electron chi connectivity index (χ1n) is 6.87. The van der Waals surface area contributed by atoms with Crippen molar-refractivity contribution in [2.75, 3.05) is 7.11 Å². The topological polar surface area (TPSA) is 26.3 Å². The third-order valence-corrected chi connectivity index (χ3v) is 4.07. The van der Waals surface area contributed by atoms with E-state index in [0.29, 0.717) is 18.3 Å². The maximum Gasteiger partial charge on any atom is 0.122 e. The predicted octanol–water partition coefficient (Wildman–Crippen LogP) is 4.05. The summed E-state index contributed by atoms with van der Waals surface area (Å²) in [7, 11) is 1.74. The van der Waals surface area contributed by atoms with E-state index < -0.39 is 0 Å². The average molecular weight is 246 g/mol. The van der Waals surface area contributed by atoms with Crippen molar-refractivity contribution in [2.24, 2.45) is 0 Å². The van der Waals surface area contributed by atoms with Crippen molar-refractivity contribution in [3.05, 3.63) is 29.3 Å². The first-order chi connectivity index (χ1) is 8.76. The molecule has 2 heteroatoms. The Bertz CT molecular complexity index is 406. The Morgan fingerprint density at radius 1 is 1.39 bits per heavy atom. The van der Waals surface area contributed by atoms with Gasteiger partial charge in [-0.15, -0.1) is 0 Å². The fourth-order valence-corrected chi connectivity index (χ4v) is 2.90. The van der Waals surface area contributed by atoms with Crippen molar-refractivity contribution < 1.29 is 9.53 Å². The lowest BCUT2D eigenvalue weighted by molar-refractivity contribution is -0.108. The molecule has 1 aliphatic rings. The molecular weight excluding hydrogens is 224 g/mol. The number of methoxy groups -OCH3 is 1. The molecule has 0 amide bonds. The molecule has 1 saturated carbocycles. The van der Waals surface area contributed by atoms with Crippen LogP contribution in [0, 0.1) is 0 Å². The highest BCUT2D eigenvalue weighted by atomic mass is 16.5. The molecule has 18 heavy (non-hydrogen) atoms. The van der Waals surface area contributed by atoms with E-state index in [-0.39, 0.29) is 0 Å². The average Bonchev–Trinajstić information content (AvgIpc) is 2.92. The molecule has 1 unspecified atom stereocenters. The van der Waals surface area contributed by atoms with Gasteiger partial charge in [0, 0.05) is 6.42 Å². The van der Waals surface area contributed by atoms with Crippen LogP contribution >= 0.6 is 0 Å². The summed E-state index contributed by atoms with van der Waals surface area (Å²) in [5.74, 6) is 1.95. The minimum absolute atomic E-state index is 0.300. The highest BCUT2D eigenvalue weighted by molar-refractivity contribution is 5.52. The zero-order valence-corrected chi connectivity index (χ0v) is 11.3. The van der Waals surface area contributed by atoms with Gasteiger partial charge >= 0.3 is 0 Å². The zero-order valence-electron chi connectivity index (χ0n) is 11.3. The lowest BCUT2D eigenvalue weighted by Crippen LogP contribution is -2.01. The number of rotatable bonds is 5. The third-order valence-electron chi connectivity index (χ3n) is 4.07. The van der Waals surface area contributed by atoms with E-state index in [1.54, 1.807) is 7.11 Å². The van der Waals surface area contributed by atoms with Gasteiger partial charge in [-0.3, -0.25) is 0 Å². The number of aldehydes is 1. The van der Waals surface area contributed by atoms with E-state index in [4.69, 9.17) is 4.74 Å². The van der Waals surface area contributed by atoms with Crippen LogP contribution < -0.4 is 4.74 Å². The van der Waals surface area contributed by atoms with Crippen LogP contribution in [0.5, 0.6) is 5.75 Å². The monoisotopic (exact) mass is 246 g/mol. The van der Waals surface area contributed by atoms with Crippen molar-refractivity contribution in [3.8, 4) is 5.75 Å². The lowest BCUT2D eigenvalue weighted by atomic mass is 9.90. The van der Waals surface area contributed by atoms with Gasteiger partial charge in [-0.05, 0) is 41.9 Å². The normalized spacial score (nSPS) is 17.7. The number of hydrogen-bond donors (Lipinski definition) is 0. The summed E-state index contributed by atoms with van der Waals surface area (Å²) in [6.07, 6.45) is 6.77. The van der Waals surface area contributed by atoms with Crippen LogP contribution in [-0.2, 0) is 4.79 Å². The van der Waals surface area contributed by atoms with Crippen LogP contribution in [0.1, 0.15) is 62.0 Å². The quantitative estimate of drug-likeness (QED) is 0.733. The van der Waals surface area contributed by atoms with Crippen LogP contribution in [0.4, 0.5) is 0 Å². The number of carbonyl (C=O) groups is 1. The fourth-order valence-electron chi connectivity index (χ4n) is 2.90. The van der Waals surface area contributed by atoms with Crippen molar-refractivity contribution in [2.45, 2.75) is 50.9 Å². The molecule has 1 aromatic carbocycles. The Labute approximate surface area is 109 Å². The van der Waals surface area contributed by atoms with Crippen molar-refractivity contribution >= 4 is 6.29 Å². The van der Waals surface area contributed by atoms with Gasteiger partial charge in [0.2, 0.25) is 0 Å². The van der Waals surface area contributed by atoms with Crippen LogP contribution in [-0.4, -0.2) is 13.4 Å². The van der Waals surface area contributed by atoms with Crippen molar-refractivity contribution in [3.63, 3.8) is 0 Å². The molecule has 1 fully saturated rings. The van der Waals surface area contributed by atoms with Crippen LogP contribution in [0.2, 0.25) is 0 Å². The first-order valence-corrected chi connectivity index (χ1v) is 6.87. The smallest absolute Gasteiger partial charge is 0.122 e. The third kappa shape index (κ3) is 2.74. The fraction of sp³-hybridized carbons (Fsp3) is 0.562. The van der Waals surface area contributed by atoms with Crippen LogP contribution in [0.25, 0.3) is 0 Å². The van der Waals surface area contributed by atoms with E-state index in [1.807, 2.05) is 0 Å². The summed E-state index contributed by atoms with van der Waals surface area (Å²) >= 11 is 0. The Morgan fingerprint density at radius 3 is 2.72 bits per heavy atom. The van der Waals surface area contributed by atoms with Gasteiger partial charge in [0.25, 0.3) is 0 Å². The Kier molecular flexibility index (Phi) is 4.40. The molecule has 2 rings (SSSR count). The highest BCUT2D eigenvalue weighted by Gasteiger charge is 2.21. The predicted molar refractivity (Wildman–Crippen MR) is 73.3 cm³/mol. The maximum absolute atomic E-state index is 10.6. The summed E-state index contributed by atoms with van der Waals surface area (Å²) in [5, 5.41) is 0. The molecular formula is C16H22O2. The summed E-state index contributed by atoms with van der Waals surface area (Å²) in [6, 6.07) is 6.40. The minimum atomic E-state index is 0.300. The van der Waals surface area contributed by atoms with E-state index >= 15 is 0 Å². The molecule has 2 nitrogen and oxygen atoms in total. The van der Waals surface area contributed by atoms with Gasteiger partial charge in [0.15, 0.2) is 0 Å². The molecule has 0 spiro atoms. The standard InChI is InChI=1S/C16H22O2/c1-12(9-10-17)14-7-8-16(18-2)15(11-14)13-5-3-4-6-13/h7-8,10-13H,3-6,9H2,1-2H3. The molecule has 0 N–H and O–H groups in total. The van der Waals surface area contributed by atoms with Gasteiger partial charge in [0.05, 0.1) is 7.11 Å². The second kappa shape index (κ2) is 6.03. The molecule has 0 bridgehead atoms. The van der Waals surface area contributed by atoms with E-state index in [9.17, 15) is 4.79 Å². The Hall–Kier alpha value is -1.31. The summed E-state index contributed by atoms with van der Waals surface area (Å²) in [6.45, 7) is 2.11. The molecule has 0 aliphatic heterocycles. The molecule has 0 radical (unpaired) electrons. The van der Waals surface area contributed by atoms with E-state index in [1.165, 1.54) is 36.8 Å². The van der Waals surface area contributed by atoms with Gasteiger partial charge in [-0.2, -0.15) is 0 Å². The minimum Gasteiger partial charge on any atom is -0.496 e. The Morgan fingerprint density at radius 2 is 2.11 bits per heavy atom. The molecule has 1 aliphatic carbocycles.